The van der Waals surface area contributed by atoms with Crippen LogP contribution in [-0.2, 0) is 0 Å². The number of benzene rings is 2. The number of urea groups is 1. The average Bonchev–Trinajstić information content (AvgIpc) is 2.63. The molecule has 25 heavy (non-hydrogen) atoms. The Morgan fingerprint density at radius 1 is 1.12 bits per heavy atom. The fourth-order valence-electron chi connectivity index (χ4n) is 2.96. The van der Waals surface area contributed by atoms with Crippen LogP contribution in [0.2, 0.25) is 0 Å². The Bertz CT molecular complexity index is 804. The molecule has 0 spiro atoms. The standard InChI is InChI=1S/C19H21N3O3/c1-12-13(18(23)20-2)7-5-8-15(12)21-19(24)22-16-10-11-25-17-9-4-3-6-14(16)17/h3-9,16H,10-11H2,1-2H3,(H,20,23)(H2,21,22,24)/t16-/m0/s1. The van der Waals surface area contributed by atoms with Gasteiger partial charge in [0.1, 0.15) is 5.75 Å². The zero-order valence-corrected chi connectivity index (χ0v) is 14.3. The molecule has 130 valence electrons. The molecule has 6 nitrogen and oxygen atoms in total. The van der Waals surface area contributed by atoms with Crippen LogP contribution in [0.3, 0.4) is 0 Å². The molecule has 2 aromatic rings. The molecule has 0 bridgehead atoms. The fraction of sp³-hybridized carbons (Fsp3) is 0.263. The molecular formula is C19H21N3O3. The summed E-state index contributed by atoms with van der Waals surface area (Å²) >= 11 is 0. The minimum absolute atomic E-state index is 0.104. The molecule has 0 fully saturated rings. The summed E-state index contributed by atoms with van der Waals surface area (Å²) in [4.78, 5) is 24.3. The molecule has 0 aromatic heterocycles. The molecule has 0 aliphatic carbocycles. The maximum Gasteiger partial charge on any atom is 0.319 e. The number of carbonyl (C=O) groups excluding carboxylic acids is 2. The Balaban J connectivity index is 1.73. The van der Waals surface area contributed by atoms with Gasteiger partial charge in [-0.25, -0.2) is 4.79 Å². The van der Waals surface area contributed by atoms with Crippen molar-refractivity contribution in [3.05, 3.63) is 59.2 Å². The lowest BCUT2D eigenvalue weighted by Crippen LogP contribution is -2.35. The van der Waals surface area contributed by atoms with Crippen LogP contribution in [-0.4, -0.2) is 25.6 Å². The van der Waals surface area contributed by atoms with E-state index in [1.807, 2.05) is 31.2 Å². The molecule has 0 saturated carbocycles. The number of nitrogens with one attached hydrogen (secondary N) is 3. The highest BCUT2D eigenvalue weighted by molar-refractivity contribution is 5.99. The van der Waals surface area contributed by atoms with E-state index in [2.05, 4.69) is 16.0 Å². The molecule has 1 aliphatic heterocycles. The molecule has 0 saturated heterocycles. The van der Waals surface area contributed by atoms with Gasteiger partial charge in [-0.1, -0.05) is 24.3 Å². The highest BCUT2D eigenvalue weighted by Crippen LogP contribution is 2.31. The van der Waals surface area contributed by atoms with Crippen LogP contribution in [0, 0.1) is 6.92 Å². The number of ether oxygens (including phenoxy) is 1. The van der Waals surface area contributed by atoms with E-state index < -0.39 is 0 Å². The van der Waals surface area contributed by atoms with Crippen LogP contribution in [0.25, 0.3) is 0 Å². The van der Waals surface area contributed by atoms with E-state index in [1.54, 1.807) is 25.2 Å². The minimum atomic E-state index is -0.307. The van der Waals surface area contributed by atoms with E-state index in [9.17, 15) is 9.59 Å². The third-order valence-electron chi connectivity index (χ3n) is 4.32. The first kappa shape index (κ1) is 16.8. The van der Waals surface area contributed by atoms with Crippen LogP contribution in [0.4, 0.5) is 10.5 Å². The number of amides is 3. The molecule has 1 aliphatic rings. The highest BCUT2D eigenvalue weighted by atomic mass is 16.5. The van der Waals surface area contributed by atoms with Crippen molar-refractivity contribution in [1.29, 1.82) is 0 Å². The van der Waals surface area contributed by atoms with E-state index in [-0.39, 0.29) is 18.0 Å². The fourth-order valence-corrected chi connectivity index (χ4v) is 2.96. The monoisotopic (exact) mass is 339 g/mol. The van der Waals surface area contributed by atoms with Gasteiger partial charge in [0.2, 0.25) is 0 Å². The second-order valence-electron chi connectivity index (χ2n) is 5.88. The summed E-state index contributed by atoms with van der Waals surface area (Å²) in [5.41, 5.74) is 2.85. The summed E-state index contributed by atoms with van der Waals surface area (Å²) in [6.45, 7) is 2.37. The molecule has 1 atom stereocenters. The van der Waals surface area contributed by atoms with Crippen LogP contribution >= 0.6 is 0 Å². The van der Waals surface area contributed by atoms with Crippen LogP contribution in [0.5, 0.6) is 5.75 Å². The smallest absolute Gasteiger partial charge is 0.319 e. The maximum absolute atomic E-state index is 12.4. The van der Waals surface area contributed by atoms with E-state index >= 15 is 0 Å². The first-order valence-electron chi connectivity index (χ1n) is 8.21. The SMILES string of the molecule is CNC(=O)c1cccc(NC(=O)N[C@H]2CCOc3ccccc32)c1C. The quantitative estimate of drug-likeness (QED) is 0.804. The Morgan fingerprint density at radius 3 is 2.72 bits per heavy atom. The number of para-hydroxylation sites is 1. The molecular weight excluding hydrogens is 318 g/mol. The second kappa shape index (κ2) is 7.25. The van der Waals surface area contributed by atoms with Crippen molar-refractivity contribution in [1.82, 2.24) is 10.6 Å². The predicted octanol–water partition coefficient (Wildman–Crippen LogP) is 3.00. The maximum atomic E-state index is 12.4. The number of carbonyl (C=O) groups is 2. The first-order valence-corrected chi connectivity index (χ1v) is 8.21. The molecule has 2 aromatic carbocycles. The third-order valence-corrected chi connectivity index (χ3v) is 4.32. The van der Waals surface area contributed by atoms with E-state index in [4.69, 9.17) is 4.74 Å². The minimum Gasteiger partial charge on any atom is -0.493 e. The van der Waals surface area contributed by atoms with Crippen molar-refractivity contribution in [2.75, 3.05) is 19.0 Å². The molecule has 3 rings (SSSR count). The average molecular weight is 339 g/mol. The molecule has 1 heterocycles. The van der Waals surface area contributed by atoms with Gasteiger partial charge in [0, 0.05) is 30.3 Å². The Hall–Kier alpha value is -3.02. The number of hydrogen-bond donors (Lipinski definition) is 3. The van der Waals surface area contributed by atoms with E-state index in [1.165, 1.54) is 0 Å². The van der Waals surface area contributed by atoms with Gasteiger partial charge in [0.25, 0.3) is 5.91 Å². The molecule has 3 amide bonds. The summed E-state index contributed by atoms with van der Waals surface area (Å²) < 4.78 is 5.61. The molecule has 6 heteroatoms. The van der Waals surface area contributed by atoms with Crippen molar-refractivity contribution in [3.8, 4) is 5.75 Å². The van der Waals surface area contributed by atoms with Gasteiger partial charge in [-0.2, -0.15) is 0 Å². The lowest BCUT2D eigenvalue weighted by molar-refractivity contribution is 0.0962. The Kier molecular flexibility index (Phi) is 4.88. The van der Waals surface area contributed by atoms with Gasteiger partial charge < -0.3 is 20.7 Å². The topological polar surface area (TPSA) is 79.5 Å². The van der Waals surface area contributed by atoms with Crippen molar-refractivity contribution in [2.24, 2.45) is 0 Å². The highest BCUT2D eigenvalue weighted by Gasteiger charge is 2.23. The largest absolute Gasteiger partial charge is 0.493 e. The van der Waals surface area contributed by atoms with Gasteiger partial charge in [-0.05, 0) is 30.7 Å². The number of rotatable bonds is 3. The lowest BCUT2D eigenvalue weighted by Gasteiger charge is -2.26. The zero-order chi connectivity index (χ0) is 17.8. The van der Waals surface area contributed by atoms with Gasteiger partial charge >= 0.3 is 6.03 Å². The van der Waals surface area contributed by atoms with Gasteiger partial charge in [-0.3, -0.25) is 4.79 Å². The first-order chi connectivity index (χ1) is 12.1. The number of fused-ring (bicyclic) bond motifs is 1. The zero-order valence-electron chi connectivity index (χ0n) is 14.3. The summed E-state index contributed by atoms with van der Waals surface area (Å²) in [6, 6.07) is 12.5. The van der Waals surface area contributed by atoms with Crippen LogP contribution < -0.4 is 20.7 Å². The van der Waals surface area contributed by atoms with Crippen LogP contribution in [0.15, 0.2) is 42.5 Å². The molecule has 3 N–H and O–H groups in total. The summed E-state index contributed by atoms with van der Waals surface area (Å²) in [5.74, 6) is 0.622. The summed E-state index contributed by atoms with van der Waals surface area (Å²) in [7, 11) is 1.58. The van der Waals surface area contributed by atoms with Crippen molar-refractivity contribution in [3.63, 3.8) is 0 Å². The van der Waals surface area contributed by atoms with Crippen molar-refractivity contribution in [2.45, 2.75) is 19.4 Å². The normalized spacial score (nSPS) is 15.5. The van der Waals surface area contributed by atoms with Gasteiger partial charge in [-0.15, -0.1) is 0 Å². The number of anilines is 1. The molecule has 0 radical (unpaired) electrons. The summed E-state index contributed by atoms with van der Waals surface area (Å²) in [6.07, 6.45) is 0.710. The third kappa shape index (κ3) is 3.57. The Morgan fingerprint density at radius 2 is 1.92 bits per heavy atom. The van der Waals surface area contributed by atoms with E-state index in [0.29, 0.717) is 24.3 Å². The lowest BCUT2D eigenvalue weighted by atomic mass is 10.0. The Labute approximate surface area is 146 Å². The van der Waals surface area contributed by atoms with Crippen LogP contribution in [0.1, 0.15) is 33.9 Å². The van der Waals surface area contributed by atoms with Crippen molar-refractivity contribution >= 4 is 17.6 Å². The van der Waals surface area contributed by atoms with E-state index in [0.717, 1.165) is 16.9 Å². The summed E-state index contributed by atoms with van der Waals surface area (Å²) in [5, 5.41) is 8.42. The second-order valence-corrected chi connectivity index (χ2v) is 5.88. The number of hydrogen-bond acceptors (Lipinski definition) is 3. The molecule has 0 unspecified atom stereocenters. The van der Waals surface area contributed by atoms with Crippen molar-refractivity contribution < 1.29 is 14.3 Å². The van der Waals surface area contributed by atoms with Gasteiger partial charge in [0.05, 0.1) is 12.6 Å². The van der Waals surface area contributed by atoms with Gasteiger partial charge in [0.15, 0.2) is 0 Å². The predicted molar refractivity (Wildman–Crippen MR) is 96.0 cm³/mol.